The topological polar surface area (TPSA) is 73.8 Å². The number of nitrogens with two attached hydrogens (primary N) is 1. The van der Waals surface area contributed by atoms with Gasteiger partial charge in [0.1, 0.15) is 5.69 Å². The van der Waals surface area contributed by atoms with Crippen molar-refractivity contribution in [3.05, 3.63) is 84.1 Å². The molecule has 0 aliphatic heterocycles. The summed E-state index contributed by atoms with van der Waals surface area (Å²) in [6, 6.07) is 15.7. The Morgan fingerprint density at radius 2 is 1.80 bits per heavy atom. The number of carbonyl (C=O) groups excluding carboxylic acids is 1. The van der Waals surface area contributed by atoms with Gasteiger partial charge in [-0.1, -0.05) is 18.2 Å². The molecule has 4 aromatic rings. The molecule has 2 N–H and O–H groups in total. The van der Waals surface area contributed by atoms with Crippen LogP contribution in [0.2, 0.25) is 0 Å². The number of pyridine rings is 1. The number of nitrogens with zero attached hydrogens (tertiary/aromatic N) is 3. The summed E-state index contributed by atoms with van der Waals surface area (Å²) in [6.07, 6.45) is 0.0477. The minimum atomic E-state index is -4.41. The van der Waals surface area contributed by atoms with Gasteiger partial charge in [-0.25, -0.2) is 9.67 Å². The molecule has 1 amide bonds. The van der Waals surface area contributed by atoms with Gasteiger partial charge < -0.3 is 5.73 Å². The molecule has 0 spiro atoms. The molecule has 0 aliphatic carbocycles. The first kappa shape index (κ1) is 19.4. The lowest BCUT2D eigenvalue weighted by molar-refractivity contribution is -0.137. The smallest absolute Gasteiger partial charge is 0.366 e. The standard InChI is InChI=1S/C22H15F3N4O/c23-22(24,25)16-7-9-17(10-8-16)29-21-18(5-2-12-27-21)20(28-29)15-4-1-3-14(13-15)6-11-19(26)30/h1-13H,(H2,26,30). The van der Waals surface area contributed by atoms with E-state index >= 15 is 0 Å². The van der Waals surface area contributed by atoms with Crippen molar-refractivity contribution in [1.29, 1.82) is 0 Å². The Balaban J connectivity index is 1.82. The van der Waals surface area contributed by atoms with Crippen molar-refractivity contribution in [2.45, 2.75) is 6.18 Å². The zero-order chi connectivity index (χ0) is 21.3. The van der Waals surface area contributed by atoms with Crippen LogP contribution >= 0.6 is 0 Å². The summed E-state index contributed by atoms with van der Waals surface area (Å²) in [5.74, 6) is -0.554. The molecule has 4 rings (SSSR count). The first-order valence-electron chi connectivity index (χ1n) is 8.92. The van der Waals surface area contributed by atoms with E-state index in [0.29, 0.717) is 17.0 Å². The van der Waals surface area contributed by atoms with E-state index in [-0.39, 0.29) is 0 Å². The highest BCUT2D eigenvalue weighted by Gasteiger charge is 2.30. The Labute approximate surface area is 169 Å². The number of fused-ring (bicyclic) bond motifs is 1. The Bertz CT molecular complexity index is 1260. The minimum absolute atomic E-state index is 0.461. The molecule has 150 valence electrons. The largest absolute Gasteiger partial charge is 0.416 e. The molecule has 0 saturated carbocycles. The molecule has 0 fully saturated rings. The lowest BCUT2D eigenvalue weighted by Gasteiger charge is -2.08. The zero-order valence-electron chi connectivity index (χ0n) is 15.5. The fraction of sp³-hybridized carbons (Fsp3) is 0.0455. The lowest BCUT2D eigenvalue weighted by Crippen LogP contribution is -2.05. The number of hydrogen-bond acceptors (Lipinski definition) is 3. The van der Waals surface area contributed by atoms with Gasteiger partial charge in [-0.3, -0.25) is 4.79 Å². The number of rotatable bonds is 4. The molecule has 0 aliphatic rings. The normalized spacial score (nSPS) is 12.0. The van der Waals surface area contributed by atoms with E-state index in [4.69, 9.17) is 5.73 Å². The zero-order valence-corrected chi connectivity index (χ0v) is 15.5. The summed E-state index contributed by atoms with van der Waals surface area (Å²) in [4.78, 5) is 15.3. The summed E-state index contributed by atoms with van der Waals surface area (Å²) < 4.78 is 40.2. The lowest BCUT2D eigenvalue weighted by atomic mass is 10.1. The van der Waals surface area contributed by atoms with Gasteiger partial charge in [0, 0.05) is 23.2 Å². The van der Waals surface area contributed by atoms with Crippen LogP contribution in [0.15, 0.2) is 72.9 Å². The van der Waals surface area contributed by atoms with Gasteiger partial charge in [0.2, 0.25) is 5.91 Å². The maximum absolute atomic E-state index is 12.9. The van der Waals surface area contributed by atoms with Gasteiger partial charge in [-0.15, -0.1) is 0 Å². The van der Waals surface area contributed by atoms with Crippen molar-refractivity contribution < 1.29 is 18.0 Å². The summed E-state index contributed by atoms with van der Waals surface area (Å²) in [5, 5.41) is 5.36. The highest BCUT2D eigenvalue weighted by Crippen LogP contribution is 2.32. The molecule has 0 saturated heterocycles. The van der Waals surface area contributed by atoms with Gasteiger partial charge in [0.25, 0.3) is 0 Å². The quantitative estimate of drug-likeness (QED) is 0.502. The second-order valence-electron chi connectivity index (χ2n) is 6.54. The van der Waals surface area contributed by atoms with Crippen molar-refractivity contribution in [1.82, 2.24) is 14.8 Å². The number of primary amides is 1. The number of benzene rings is 2. The van der Waals surface area contributed by atoms with Crippen LogP contribution in [-0.4, -0.2) is 20.7 Å². The second-order valence-corrected chi connectivity index (χ2v) is 6.54. The van der Waals surface area contributed by atoms with Gasteiger partial charge in [-0.05, 0) is 54.1 Å². The van der Waals surface area contributed by atoms with Crippen LogP contribution in [0, 0.1) is 0 Å². The highest BCUT2D eigenvalue weighted by atomic mass is 19.4. The maximum Gasteiger partial charge on any atom is 0.416 e. The number of amides is 1. The number of alkyl halides is 3. The summed E-state index contributed by atoms with van der Waals surface area (Å²) in [7, 11) is 0. The second kappa shape index (κ2) is 7.47. The predicted molar refractivity (Wildman–Crippen MR) is 108 cm³/mol. The van der Waals surface area contributed by atoms with Gasteiger partial charge >= 0.3 is 6.18 Å². The van der Waals surface area contributed by atoms with Crippen molar-refractivity contribution in [3.63, 3.8) is 0 Å². The van der Waals surface area contributed by atoms with Crippen LogP contribution in [0.3, 0.4) is 0 Å². The van der Waals surface area contributed by atoms with E-state index in [1.807, 2.05) is 30.3 Å². The van der Waals surface area contributed by atoms with E-state index in [9.17, 15) is 18.0 Å². The Kier molecular flexibility index (Phi) is 4.83. The molecule has 30 heavy (non-hydrogen) atoms. The minimum Gasteiger partial charge on any atom is -0.366 e. The molecule has 0 bridgehead atoms. The van der Waals surface area contributed by atoms with Crippen molar-refractivity contribution in [2.75, 3.05) is 0 Å². The van der Waals surface area contributed by atoms with Crippen LogP contribution in [0.1, 0.15) is 11.1 Å². The van der Waals surface area contributed by atoms with Gasteiger partial charge in [0.15, 0.2) is 5.65 Å². The van der Waals surface area contributed by atoms with E-state index in [1.54, 1.807) is 18.3 Å². The average molecular weight is 408 g/mol. The molecule has 8 heteroatoms. The van der Waals surface area contributed by atoms with Crippen molar-refractivity contribution in [3.8, 4) is 16.9 Å². The fourth-order valence-corrected chi connectivity index (χ4v) is 3.10. The van der Waals surface area contributed by atoms with Crippen LogP contribution in [0.25, 0.3) is 34.1 Å². The Morgan fingerprint density at radius 3 is 2.50 bits per heavy atom. The van der Waals surface area contributed by atoms with Gasteiger partial charge in [0.05, 0.1) is 11.3 Å². The summed E-state index contributed by atoms with van der Waals surface area (Å²) >= 11 is 0. The van der Waals surface area contributed by atoms with Crippen LogP contribution in [-0.2, 0) is 11.0 Å². The molecule has 2 heterocycles. The third kappa shape index (κ3) is 3.80. The monoisotopic (exact) mass is 408 g/mol. The first-order chi connectivity index (χ1) is 14.3. The number of halogens is 3. The van der Waals surface area contributed by atoms with Crippen LogP contribution in [0.4, 0.5) is 13.2 Å². The van der Waals surface area contributed by atoms with Crippen molar-refractivity contribution in [2.24, 2.45) is 5.73 Å². The van der Waals surface area contributed by atoms with E-state index in [0.717, 1.165) is 28.6 Å². The summed E-state index contributed by atoms with van der Waals surface area (Å²) in [5.41, 5.74) is 7.54. The van der Waals surface area contributed by atoms with Crippen molar-refractivity contribution >= 4 is 23.0 Å². The molecule has 2 aromatic carbocycles. The maximum atomic E-state index is 12.9. The van der Waals surface area contributed by atoms with Gasteiger partial charge in [-0.2, -0.15) is 18.3 Å². The number of carbonyl (C=O) groups is 1. The molecule has 2 aromatic heterocycles. The summed E-state index contributed by atoms with van der Waals surface area (Å²) in [6.45, 7) is 0. The fourth-order valence-electron chi connectivity index (χ4n) is 3.10. The van der Waals surface area contributed by atoms with E-state index in [2.05, 4.69) is 10.1 Å². The molecule has 0 atom stereocenters. The molecule has 0 radical (unpaired) electrons. The number of hydrogen-bond donors (Lipinski definition) is 1. The van der Waals surface area contributed by atoms with E-state index < -0.39 is 17.6 Å². The third-order valence-electron chi connectivity index (χ3n) is 4.48. The molecule has 5 nitrogen and oxygen atoms in total. The Morgan fingerprint density at radius 1 is 1.03 bits per heavy atom. The SMILES string of the molecule is NC(=O)C=Cc1cccc(-c2nn(-c3ccc(C(F)(F)F)cc3)c3ncccc23)c1. The number of aromatic nitrogens is 3. The first-order valence-corrected chi connectivity index (χ1v) is 8.92. The predicted octanol–water partition coefficient (Wildman–Crippen LogP) is 4.60. The Hall–Kier alpha value is -3.94. The average Bonchev–Trinajstić information content (AvgIpc) is 3.12. The van der Waals surface area contributed by atoms with Crippen LogP contribution in [0.5, 0.6) is 0 Å². The third-order valence-corrected chi connectivity index (χ3v) is 4.48. The van der Waals surface area contributed by atoms with E-state index in [1.165, 1.54) is 22.9 Å². The molecule has 0 unspecified atom stereocenters. The highest BCUT2D eigenvalue weighted by molar-refractivity contribution is 5.93. The molecular weight excluding hydrogens is 393 g/mol. The van der Waals surface area contributed by atoms with Crippen LogP contribution < -0.4 is 5.73 Å². The molecular formula is C22H15F3N4O.